The molecule has 0 atom stereocenters. The summed E-state index contributed by atoms with van der Waals surface area (Å²) in [6.45, 7) is 1.88. The second kappa shape index (κ2) is 4.59. The second-order valence-electron chi connectivity index (χ2n) is 3.72. The molecule has 0 spiro atoms. The summed E-state index contributed by atoms with van der Waals surface area (Å²) in [4.78, 5) is 12.9. The first kappa shape index (κ1) is 11.7. The first-order chi connectivity index (χ1) is 8.13. The Morgan fingerprint density at radius 3 is 2.76 bits per heavy atom. The first-order valence-electron chi connectivity index (χ1n) is 5.16. The third kappa shape index (κ3) is 2.17. The van der Waals surface area contributed by atoms with E-state index in [-0.39, 0.29) is 5.78 Å². The molecule has 17 heavy (non-hydrogen) atoms. The molecule has 0 aliphatic carbocycles. The number of nitrogens with two attached hydrogens (primary N) is 1. The van der Waals surface area contributed by atoms with Gasteiger partial charge in [-0.05, 0) is 42.1 Å². The normalized spacial score (nSPS) is 10.2. The lowest BCUT2D eigenvalue weighted by molar-refractivity contribution is 0.103. The van der Waals surface area contributed by atoms with Crippen LogP contribution in [-0.2, 0) is 0 Å². The molecule has 0 saturated carbocycles. The lowest BCUT2D eigenvalue weighted by atomic mass is 10.0. The van der Waals surface area contributed by atoms with Crippen LogP contribution >= 0.6 is 11.3 Å². The highest BCUT2D eigenvalue weighted by Crippen LogP contribution is 2.28. The Labute approximate surface area is 104 Å². The Balaban J connectivity index is 2.44. The molecule has 0 radical (unpaired) electrons. The summed E-state index contributed by atoms with van der Waals surface area (Å²) in [6.07, 6.45) is 0. The van der Waals surface area contributed by atoms with Gasteiger partial charge in [-0.3, -0.25) is 4.79 Å². The largest absolute Gasteiger partial charge is 0.495 e. The van der Waals surface area contributed by atoms with Crippen molar-refractivity contribution in [2.75, 3.05) is 12.8 Å². The molecule has 0 aliphatic heterocycles. The van der Waals surface area contributed by atoms with Crippen molar-refractivity contribution in [3.63, 3.8) is 0 Å². The van der Waals surface area contributed by atoms with Crippen LogP contribution in [0.4, 0.5) is 5.69 Å². The van der Waals surface area contributed by atoms with Crippen molar-refractivity contribution in [2.24, 2.45) is 0 Å². The molecule has 2 rings (SSSR count). The van der Waals surface area contributed by atoms with Crippen molar-refractivity contribution in [2.45, 2.75) is 6.92 Å². The Morgan fingerprint density at radius 2 is 2.12 bits per heavy atom. The van der Waals surface area contributed by atoms with Gasteiger partial charge in [-0.25, -0.2) is 0 Å². The van der Waals surface area contributed by atoms with E-state index in [4.69, 9.17) is 10.5 Å². The minimum atomic E-state index is -0.0191. The van der Waals surface area contributed by atoms with Crippen molar-refractivity contribution in [3.05, 3.63) is 45.6 Å². The van der Waals surface area contributed by atoms with Gasteiger partial charge in [0.05, 0.1) is 7.11 Å². The van der Waals surface area contributed by atoms with Gasteiger partial charge in [0.25, 0.3) is 0 Å². The van der Waals surface area contributed by atoms with Gasteiger partial charge >= 0.3 is 0 Å². The molecule has 0 amide bonds. The van der Waals surface area contributed by atoms with Gasteiger partial charge < -0.3 is 10.5 Å². The number of ketones is 1. The number of hydrogen-bond acceptors (Lipinski definition) is 4. The topological polar surface area (TPSA) is 52.3 Å². The Morgan fingerprint density at radius 1 is 1.35 bits per heavy atom. The van der Waals surface area contributed by atoms with Crippen molar-refractivity contribution < 1.29 is 9.53 Å². The van der Waals surface area contributed by atoms with Crippen LogP contribution in [0, 0.1) is 6.92 Å². The monoisotopic (exact) mass is 247 g/mol. The van der Waals surface area contributed by atoms with Gasteiger partial charge in [-0.15, -0.1) is 11.3 Å². The predicted octanol–water partition coefficient (Wildman–Crippen LogP) is 2.88. The highest BCUT2D eigenvalue weighted by Gasteiger charge is 2.17. The number of nitrogen functional groups attached to an aromatic ring is 1. The second-order valence-corrected chi connectivity index (χ2v) is 4.64. The van der Waals surface area contributed by atoms with E-state index in [9.17, 15) is 4.79 Å². The number of benzene rings is 1. The number of aryl methyl sites for hydroxylation is 1. The first-order valence-corrected chi connectivity index (χ1v) is 6.03. The van der Waals surface area contributed by atoms with E-state index in [1.807, 2.05) is 12.3 Å². The number of anilines is 1. The lowest BCUT2D eigenvalue weighted by Crippen LogP contribution is -2.03. The van der Waals surface area contributed by atoms with E-state index in [2.05, 4.69) is 0 Å². The molecule has 0 bridgehead atoms. The van der Waals surface area contributed by atoms with Crippen LogP contribution in [0.25, 0.3) is 0 Å². The molecule has 88 valence electrons. The number of thiophene rings is 1. The van der Waals surface area contributed by atoms with Crippen LogP contribution in [0.3, 0.4) is 0 Å². The van der Waals surface area contributed by atoms with Crippen LogP contribution in [0.5, 0.6) is 5.75 Å². The van der Waals surface area contributed by atoms with E-state index in [0.29, 0.717) is 21.9 Å². The maximum Gasteiger partial charge on any atom is 0.206 e. The van der Waals surface area contributed by atoms with Gasteiger partial charge in [0.2, 0.25) is 5.78 Å². The summed E-state index contributed by atoms with van der Waals surface area (Å²) in [5, 5.41) is 1.85. The van der Waals surface area contributed by atoms with Crippen LogP contribution in [0.1, 0.15) is 20.8 Å². The molecular formula is C13H13NO2S. The zero-order valence-electron chi connectivity index (χ0n) is 9.69. The van der Waals surface area contributed by atoms with Crippen molar-refractivity contribution >= 4 is 22.8 Å². The third-order valence-electron chi connectivity index (χ3n) is 2.55. The van der Waals surface area contributed by atoms with Gasteiger partial charge in [0.1, 0.15) is 10.6 Å². The van der Waals surface area contributed by atoms with E-state index in [0.717, 1.165) is 5.56 Å². The average Bonchev–Trinajstić information content (AvgIpc) is 2.76. The lowest BCUT2D eigenvalue weighted by Gasteiger charge is -2.06. The summed E-state index contributed by atoms with van der Waals surface area (Å²) < 4.78 is 5.16. The average molecular weight is 247 g/mol. The number of methoxy groups -OCH3 is 1. The molecule has 1 aromatic carbocycles. The highest BCUT2D eigenvalue weighted by molar-refractivity contribution is 7.12. The summed E-state index contributed by atoms with van der Waals surface area (Å²) in [7, 11) is 1.56. The zero-order chi connectivity index (χ0) is 12.4. The number of rotatable bonds is 3. The van der Waals surface area contributed by atoms with Crippen LogP contribution < -0.4 is 10.5 Å². The van der Waals surface area contributed by atoms with Gasteiger partial charge in [0, 0.05) is 11.3 Å². The van der Waals surface area contributed by atoms with Crippen LogP contribution in [0.2, 0.25) is 0 Å². The Kier molecular flexibility index (Phi) is 3.15. The molecule has 2 aromatic rings. The molecule has 0 fully saturated rings. The zero-order valence-corrected chi connectivity index (χ0v) is 10.5. The van der Waals surface area contributed by atoms with Gasteiger partial charge in [0.15, 0.2) is 0 Å². The molecule has 4 heteroatoms. The maximum absolute atomic E-state index is 12.3. The fourth-order valence-electron chi connectivity index (χ4n) is 1.69. The third-order valence-corrected chi connectivity index (χ3v) is 3.44. The quantitative estimate of drug-likeness (QED) is 0.670. The molecular weight excluding hydrogens is 234 g/mol. The number of ether oxygens (including phenoxy) is 1. The molecule has 0 unspecified atom stereocenters. The molecule has 0 aliphatic rings. The summed E-state index contributed by atoms with van der Waals surface area (Å²) in [5.41, 5.74) is 7.88. The van der Waals surface area contributed by atoms with Crippen LogP contribution in [-0.4, -0.2) is 12.9 Å². The summed E-state index contributed by atoms with van der Waals surface area (Å²) in [5.74, 6) is 0.602. The van der Waals surface area contributed by atoms with E-state index in [1.165, 1.54) is 11.3 Å². The van der Waals surface area contributed by atoms with E-state index < -0.39 is 0 Å². The molecule has 0 saturated heterocycles. The number of carbonyl (C=O) groups is 1. The molecule has 1 heterocycles. The van der Waals surface area contributed by atoms with Crippen molar-refractivity contribution in [1.29, 1.82) is 0 Å². The fourth-order valence-corrected chi connectivity index (χ4v) is 2.50. The smallest absolute Gasteiger partial charge is 0.206 e. The minimum Gasteiger partial charge on any atom is -0.495 e. The van der Waals surface area contributed by atoms with Crippen molar-refractivity contribution in [3.8, 4) is 5.75 Å². The number of hydrogen-bond donors (Lipinski definition) is 1. The fraction of sp³-hybridized carbons (Fsp3) is 0.154. The molecule has 2 N–H and O–H groups in total. The van der Waals surface area contributed by atoms with E-state index in [1.54, 1.807) is 31.4 Å². The van der Waals surface area contributed by atoms with Gasteiger partial charge in [-0.1, -0.05) is 0 Å². The molecule has 1 aromatic heterocycles. The Hall–Kier alpha value is -1.81. The summed E-state index contributed by atoms with van der Waals surface area (Å²) in [6, 6.07) is 7.09. The van der Waals surface area contributed by atoms with Crippen LogP contribution in [0.15, 0.2) is 29.6 Å². The number of carbonyl (C=O) groups excluding carboxylic acids is 1. The van der Waals surface area contributed by atoms with E-state index >= 15 is 0 Å². The summed E-state index contributed by atoms with van der Waals surface area (Å²) >= 11 is 1.38. The van der Waals surface area contributed by atoms with Gasteiger partial charge in [-0.2, -0.15) is 0 Å². The minimum absolute atomic E-state index is 0.0191. The molecule has 3 nitrogen and oxygen atoms in total. The van der Waals surface area contributed by atoms with Crippen molar-refractivity contribution in [1.82, 2.24) is 0 Å². The SMILES string of the molecule is COc1ccsc1C(=O)c1ccc(N)cc1C. The highest BCUT2D eigenvalue weighted by atomic mass is 32.1. The maximum atomic E-state index is 12.3. The predicted molar refractivity (Wildman–Crippen MR) is 69.9 cm³/mol. The Bertz CT molecular complexity index is 560. The standard InChI is InChI=1S/C13H13NO2S/c1-8-7-9(14)3-4-10(8)12(15)13-11(16-2)5-6-17-13/h3-7H,14H2,1-2H3.